The van der Waals surface area contributed by atoms with Crippen molar-refractivity contribution < 1.29 is 14.5 Å². The van der Waals surface area contributed by atoms with Crippen LogP contribution in [-0.4, -0.2) is 55.9 Å². The minimum Gasteiger partial charge on any atom is -0.492 e. The molecule has 0 aromatic heterocycles. The predicted molar refractivity (Wildman–Crippen MR) is 92.4 cm³/mol. The van der Waals surface area contributed by atoms with E-state index in [-0.39, 0.29) is 0 Å². The van der Waals surface area contributed by atoms with Gasteiger partial charge in [0, 0.05) is 11.6 Å². The van der Waals surface area contributed by atoms with Crippen LogP contribution in [-0.2, 0) is 4.65 Å². The second-order valence-electron chi connectivity index (χ2n) is 6.68. The zero-order chi connectivity index (χ0) is 17.0. The van der Waals surface area contributed by atoms with Crippen molar-refractivity contribution in [2.75, 3.05) is 27.2 Å². The molecule has 0 bridgehead atoms. The largest absolute Gasteiger partial charge is 0.492 e. The molecule has 0 fully saturated rings. The molecular weight excluding hydrogens is 300 g/mol. The summed E-state index contributed by atoms with van der Waals surface area (Å²) in [6, 6.07) is 5.43. The summed E-state index contributed by atoms with van der Waals surface area (Å²) in [5, 5.41) is 10.7. The summed E-state index contributed by atoms with van der Waals surface area (Å²) in [6.07, 6.45) is 0. The fraction of sp³-hybridized carbons (Fsp3) is 0.625. The number of nitrogens with zero attached hydrogens (tertiary/aromatic N) is 1. The highest BCUT2D eigenvalue weighted by Crippen LogP contribution is 2.24. The molecule has 0 atom stereocenters. The van der Waals surface area contributed by atoms with E-state index in [1.165, 1.54) is 0 Å². The number of benzene rings is 1. The van der Waals surface area contributed by atoms with E-state index in [9.17, 15) is 5.11 Å². The molecule has 1 aromatic rings. The summed E-state index contributed by atoms with van der Waals surface area (Å²) in [6.45, 7) is 8.52. The lowest BCUT2D eigenvalue weighted by atomic mass is 9.82. The van der Waals surface area contributed by atoms with Crippen molar-refractivity contribution >= 4 is 24.5 Å². The van der Waals surface area contributed by atoms with Crippen molar-refractivity contribution in [2.45, 2.75) is 38.9 Å². The third-order valence-electron chi connectivity index (χ3n) is 3.66. The number of halogens is 1. The smallest absolute Gasteiger partial charge is 0.331 e. The number of likely N-dealkylation sites (N-methyl/N-ethyl adjacent to an activating group) is 1. The highest BCUT2D eigenvalue weighted by atomic mass is 35.5. The Morgan fingerprint density at radius 2 is 1.82 bits per heavy atom. The van der Waals surface area contributed by atoms with Crippen molar-refractivity contribution in [3.8, 4) is 5.75 Å². The molecule has 4 nitrogen and oxygen atoms in total. The van der Waals surface area contributed by atoms with Crippen LogP contribution >= 0.6 is 11.6 Å². The Hall–Kier alpha value is -0.745. The van der Waals surface area contributed by atoms with Gasteiger partial charge in [-0.3, -0.25) is 0 Å². The third-order valence-corrected chi connectivity index (χ3v) is 3.88. The van der Waals surface area contributed by atoms with Crippen LogP contribution in [0.1, 0.15) is 27.7 Å². The normalized spacial score (nSPS) is 12.6. The third kappa shape index (κ3) is 6.17. The highest BCUT2D eigenvalue weighted by molar-refractivity contribution is 6.48. The van der Waals surface area contributed by atoms with Crippen molar-refractivity contribution in [3.63, 3.8) is 0 Å². The maximum atomic E-state index is 10.1. The van der Waals surface area contributed by atoms with Crippen molar-refractivity contribution in [1.29, 1.82) is 0 Å². The molecule has 0 spiro atoms. The second-order valence-corrected chi connectivity index (χ2v) is 7.11. The minimum absolute atomic E-state index is 0.582. The maximum absolute atomic E-state index is 10.1. The average molecular weight is 327 g/mol. The molecule has 0 aliphatic carbocycles. The Bertz CT molecular complexity index is 487. The Morgan fingerprint density at radius 1 is 1.18 bits per heavy atom. The zero-order valence-corrected chi connectivity index (χ0v) is 15.1. The zero-order valence-electron chi connectivity index (χ0n) is 14.3. The Labute approximate surface area is 139 Å². The van der Waals surface area contributed by atoms with E-state index in [2.05, 4.69) is 0 Å². The molecule has 1 rings (SSSR count). The Kier molecular flexibility index (Phi) is 6.74. The number of rotatable bonds is 8. The fourth-order valence-corrected chi connectivity index (χ4v) is 1.67. The summed E-state index contributed by atoms with van der Waals surface area (Å²) in [4.78, 5) is 2.05. The topological polar surface area (TPSA) is 41.9 Å². The van der Waals surface area contributed by atoms with Gasteiger partial charge in [0.1, 0.15) is 12.4 Å². The van der Waals surface area contributed by atoms with Gasteiger partial charge in [-0.05, 0) is 65.5 Å². The van der Waals surface area contributed by atoms with Crippen LogP contribution in [0, 0.1) is 0 Å². The van der Waals surface area contributed by atoms with Crippen molar-refractivity contribution in [1.82, 2.24) is 4.90 Å². The number of aliphatic hydroxyl groups is 1. The maximum Gasteiger partial charge on any atom is 0.331 e. The molecule has 0 amide bonds. The minimum atomic E-state index is -0.965. The van der Waals surface area contributed by atoms with Gasteiger partial charge in [0.2, 0.25) is 0 Å². The second kappa shape index (κ2) is 7.69. The lowest BCUT2D eigenvalue weighted by Crippen LogP contribution is -2.49. The van der Waals surface area contributed by atoms with Crippen LogP contribution in [0.4, 0.5) is 0 Å². The van der Waals surface area contributed by atoms with E-state index in [0.29, 0.717) is 17.4 Å². The summed E-state index contributed by atoms with van der Waals surface area (Å²) >= 11 is 6.12. The van der Waals surface area contributed by atoms with Gasteiger partial charge in [0.05, 0.1) is 11.2 Å². The highest BCUT2D eigenvalue weighted by Gasteiger charge is 2.35. The molecule has 0 saturated carbocycles. The van der Waals surface area contributed by atoms with Gasteiger partial charge >= 0.3 is 7.48 Å². The Balaban J connectivity index is 2.70. The van der Waals surface area contributed by atoms with Crippen molar-refractivity contribution in [2.24, 2.45) is 0 Å². The van der Waals surface area contributed by atoms with Gasteiger partial charge in [-0.1, -0.05) is 11.6 Å². The molecule has 22 heavy (non-hydrogen) atoms. The molecular formula is C16H26BClNO3. The number of hydrogen-bond acceptors (Lipinski definition) is 4. The van der Waals surface area contributed by atoms with Gasteiger partial charge in [0.25, 0.3) is 0 Å². The van der Waals surface area contributed by atoms with Crippen LogP contribution < -0.4 is 10.2 Å². The fourth-order valence-electron chi connectivity index (χ4n) is 1.44. The molecule has 1 radical (unpaired) electrons. The summed E-state index contributed by atoms with van der Waals surface area (Å²) in [5.74, 6) is 0.699. The molecule has 6 heteroatoms. The van der Waals surface area contributed by atoms with Crippen LogP contribution in [0.3, 0.4) is 0 Å². The monoisotopic (exact) mass is 326 g/mol. The lowest BCUT2D eigenvalue weighted by Gasteiger charge is -2.37. The molecule has 1 N–H and O–H groups in total. The first kappa shape index (κ1) is 19.3. The van der Waals surface area contributed by atoms with Gasteiger partial charge in [0.15, 0.2) is 0 Å². The first-order valence-electron chi connectivity index (χ1n) is 7.33. The van der Waals surface area contributed by atoms with E-state index >= 15 is 0 Å². The van der Waals surface area contributed by atoms with Gasteiger partial charge < -0.3 is 19.4 Å². The van der Waals surface area contributed by atoms with Gasteiger partial charge in [-0.15, -0.1) is 0 Å². The average Bonchev–Trinajstić information content (AvgIpc) is 2.34. The molecule has 0 aliphatic rings. The SMILES string of the molecule is CN(C)CCOc1cc(Cl)cc([B]OC(C)(C)C(C)(C)O)c1. The van der Waals surface area contributed by atoms with E-state index in [4.69, 9.17) is 21.0 Å². The molecule has 0 unspecified atom stereocenters. The molecule has 0 heterocycles. The van der Waals surface area contributed by atoms with Crippen LogP contribution in [0.5, 0.6) is 5.75 Å². The molecule has 0 aliphatic heterocycles. The standard InChI is InChI=1S/C16H26BClNO3/c1-15(2,20)16(3,4)22-17-12-9-13(18)11-14(10-12)21-8-7-19(5)6/h9-11,20H,7-8H2,1-6H3. The summed E-state index contributed by atoms with van der Waals surface area (Å²) in [7, 11) is 5.59. The quantitative estimate of drug-likeness (QED) is 0.743. The van der Waals surface area contributed by atoms with Crippen molar-refractivity contribution in [3.05, 3.63) is 23.2 Å². The number of hydrogen-bond donors (Lipinski definition) is 1. The Morgan fingerprint density at radius 3 is 2.36 bits per heavy atom. The predicted octanol–water partition coefficient (Wildman–Crippen LogP) is 2.09. The van der Waals surface area contributed by atoms with Gasteiger partial charge in [-0.25, -0.2) is 0 Å². The summed E-state index contributed by atoms with van der Waals surface area (Å²) in [5.41, 5.74) is -0.890. The van der Waals surface area contributed by atoms with E-state index in [1.807, 2.05) is 38.9 Å². The molecule has 123 valence electrons. The van der Waals surface area contributed by atoms with E-state index in [1.54, 1.807) is 33.5 Å². The first-order valence-corrected chi connectivity index (χ1v) is 7.70. The lowest BCUT2D eigenvalue weighted by molar-refractivity contribution is -0.0893. The van der Waals surface area contributed by atoms with Crippen LogP contribution in [0.15, 0.2) is 18.2 Å². The molecule has 0 saturated heterocycles. The van der Waals surface area contributed by atoms with Crippen LogP contribution in [0.2, 0.25) is 5.02 Å². The van der Waals surface area contributed by atoms with E-state index in [0.717, 1.165) is 12.0 Å². The summed E-state index contributed by atoms with van der Waals surface area (Å²) < 4.78 is 11.4. The molecule has 1 aromatic carbocycles. The van der Waals surface area contributed by atoms with Crippen LogP contribution in [0.25, 0.3) is 0 Å². The first-order chi connectivity index (χ1) is 10.0. The number of ether oxygens (including phenoxy) is 1. The van der Waals surface area contributed by atoms with Gasteiger partial charge in [-0.2, -0.15) is 0 Å². The van der Waals surface area contributed by atoms with E-state index < -0.39 is 11.2 Å².